The first-order valence-electron chi connectivity index (χ1n) is 6.04. The van der Waals surface area contributed by atoms with Crippen molar-refractivity contribution >= 4 is 23.2 Å². The van der Waals surface area contributed by atoms with Gasteiger partial charge < -0.3 is 5.11 Å². The molecule has 1 aliphatic carbocycles. The topological polar surface area (TPSA) is 78.4 Å². The molecular weight excluding hydrogens is 290 g/mol. The fourth-order valence-corrected chi connectivity index (χ4v) is 2.61. The van der Waals surface area contributed by atoms with E-state index in [1.165, 1.54) is 17.4 Å². The molecule has 8 heteroatoms. The van der Waals surface area contributed by atoms with Gasteiger partial charge in [-0.2, -0.15) is 8.78 Å². The van der Waals surface area contributed by atoms with Gasteiger partial charge in [0.05, 0.1) is 4.88 Å². The standard InChI is InChI=1S/C12H14F2N2O3S/c1-7-3-4-8(20-7)9(17)15-16-10(18)12(13,14)11(19)5-2-6-11/h3-4,19H,2,5-6H2,1H3,(H,15,17)(H,16,18). The molecule has 1 heterocycles. The average molecular weight is 304 g/mol. The predicted octanol–water partition coefficient (Wildman–Crippen LogP) is 1.37. The molecule has 1 fully saturated rings. The molecule has 1 saturated carbocycles. The molecule has 0 spiro atoms. The lowest BCUT2D eigenvalue weighted by atomic mass is 9.75. The van der Waals surface area contributed by atoms with Crippen LogP contribution < -0.4 is 10.9 Å². The summed E-state index contributed by atoms with van der Waals surface area (Å²) >= 11 is 1.18. The summed E-state index contributed by atoms with van der Waals surface area (Å²) in [5.74, 6) is -6.31. The first kappa shape index (κ1) is 14.9. The second kappa shape index (κ2) is 5.10. The van der Waals surface area contributed by atoms with Crippen LogP contribution in [0.1, 0.15) is 33.8 Å². The van der Waals surface area contributed by atoms with E-state index in [1.807, 2.05) is 5.43 Å². The zero-order valence-corrected chi connectivity index (χ0v) is 11.5. The SMILES string of the molecule is Cc1ccc(C(=O)NNC(=O)C(F)(F)C2(O)CCC2)s1. The molecule has 5 nitrogen and oxygen atoms in total. The normalized spacial score (nSPS) is 17.2. The number of hydrogen-bond donors (Lipinski definition) is 3. The number of halogens is 2. The fourth-order valence-electron chi connectivity index (χ4n) is 1.85. The zero-order chi connectivity index (χ0) is 15.0. The zero-order valence-electron chi connectivity index (χ0n) is 10.7. The third kappa shape index (κ3) is 2.53. The number of carbonyl (C=O) groups is 2. The van der Waals surface area contributed by atoms with Crippen LogP contribution in [-0.4, -0.2) is 28.4 Å². The molecule has 0 bridgehead atoms. The molecule has 110 valence electrons. The van der Waals surface area contributed by atoms with Crippen LogP contribution in [0.5, 0.6) is 0 Å². The van der Waals surface area contributed by atoms with Crippen molar-refractivity contribution in [1.82, 2.24) is 10.9 Å². The van der Waals surface area contributed by atoms with Crippen molar-refractivity contribution in [1.29, 1.82) is 0 Å². The maximum atomic E-state index is 13.7. The molecular formula is C12H14F2N2O3S. The van der Waals surface area contributed by atoms with Crippen molar-refractivity contribution in [3.05, 3.63) is 21.9 Å². The van der Waals surface area contributed by atoms with Crippen LogP contribution >= 0.6 is 11.3 Å². The summed E-state index contributed by atoms with van der Waals surface area (Å²) in [6.07, 6.45) is 0.178. The van der Waals surface area contributed by atoms with E-state index < -0.39 is 23.3 Å². The minimum absolute atomic E-state index is 0.133. The summed E-state index contributed by atoms with van der Waals surface area (Å²) in [5.41, 5.74) is 1.28. The van der Waals surface area contributed by atoms with Crippen molar-refractivity contribution in [3.63, 3.8) is 0 Å². The fraction of sp³-hybridized carbons (Fsp3) is 0.500. The van der Waals surface area contributed by atoms with Crippen LogP contribution in [0.15, 0.2) is 12.1 Å². The van der Waals surface area contributed by atoms with E-state index in [0.29, 0.717) is 11.3 Å². The molecule has 0 unspecified atom stereocenters. The van der Waals surface area contributed by atoms with Crippen LogP contribution in [-0.2, 0) is 4.79 Å². The summed E-state index contributed by atoms with van der Waals surface area (Å²) in [4.78, 5) is 24.2. The number of hydrogen-bond acceptors (Lipinski definition) is 4. The highest BCUT2D eigenvalue weighted by atomic mass is 32.1. The molecule has 2 amide bonds. The number of amides is 2. The van der Waals surface area contributed by atoms with Gasteiger partial charge in [0.1, 0.15) is 5.60 Å². The van der Waals surface area contributed by atoms with E-state index in [4.69, 9.17) is 0 Å². The van der Waals surface area contributed by atoms with E-state index in [-0.39, 0.29) is 12.8 Å². The predicted molar refractivity (Wildman–Crippen MR) is 68.4 cm³/mol. The van der Waals surface area contributed by atoms with E-state index in [2.05, 4.69) is 0 Å². The Morgan fingerprint density at radius 2 is 2.00 bits per heavy atom. The Kier molecular flexibility index (Phi) is 3.79. The molecule has 0 atom stereocenters. The molecule has 0 aliphatic heterocycles. The minimum Gasteiger partial charge on any atom is -0.383 e. The highest BCUT2D eigenvalue weighted by Gasteiger charge is 2.61. The highest BCUT2D eigenvalue weighted by molar-refractivity contribution is 7.13. The van der Waals surface area contributed by atoms with Gasteiger partial charge in [0.25, 0.3) is 5.91 Å². The van der Waals surface area contributed by atoms with E-state index in [1.54, 1.807) is 18.4 Å². The molecule has 0 saturated heterocycles. The van der Waals surface area contributed by atoms with Gasteiger partial charge in [-0.15, -0.1) is 11.3 Å². The quantitative estimate of drug-likeness (QED) is 0.738. The number of carbonyl (C=O) groups excluding carboxylic acids is 2. The second-order valence-corrected chi connectivity index (χ2v) is 6.07. The largest absolute Gasteiger partial charge is 0.383 e. The maximum Gasteiger partial charge on any atom is 0.354 e. The summed E-state index contributed by atoms with van der Waals surface area (Å²) in [6.45, 7) is 1.79. The van der Waals surface area contributed by atoms with Gasteiger partial charge in [0, 0.05) is 4.88 Å². The molecule has 1 aromatic heterocycles. The summed E-state index contributed by atoms with van der Waals surface area (Å²) in [5, 5.41) is 9.57. The molecule has 20 heavy (non-hydrogen) atoms. The molecule has 0 radical (unpaired) electrons. The van der Waals surface area contributed by atoms with Gasteiger partial charge in [-0.3, -0.25) is 20.4 Å². The smallest absolute Gasteiger partial charge is 0.354 e. The Labute approximate surface area is 118 Å². The van der Waals surface area contributed by atoms with E-state index in [0.717, 1.165) is 4.88 Å². The van der Waals surface area contributed by atoms with Crippen molar-refractivity contribution in [3.8, 4) is 0 Å². The van der Waals surface area contributed by atoms with Crippen molar-refractivity contribution in [2.45, 2.75) is 37.7 Å². The van der Waals surface area contributed by atoms with Gasteiger partial charge in [-0.25, -0.2) is 0 Å². The molecule has 2 rings (SSSR count). The number of nitrogens with one attached hydrogen (secondary N) is 2. The van der Waals surface area contributed by atoms with Crippen LogP contribution in [0.3, 0.4) is 0 Å². The van der Waals surface area contributed by atoms with Gasteiger partial charge in [0.2, 0.25) is 0 Å². The first-order chi connectivity index (χ1) is 9.26. The number of alkyl halides is 2. The van der Waals surface area contributed by atoms with Gasteiger partial charge in [0.15, 0.2) is 0 Å². The van der Waals surface area contributed by atoms with Crippen LogP contribution in [0.25, 0.3) is 0 Å². The Hall–Kier alpha value is -1.54. The van der Waals surface area contributed by atoms with Crippen molar-refractivity contribution in [2.24, 2.45) is 0 Å². The Balaban J connectivity index is 1.93. The van der Waals surface area contributed by atoms with Crippen LogP contribution in [0.2, 0.25) is 0 Å². The van der Waals surface area contributed by atoms with Gasteiger partial charge in [-0.05, 0) is 38.3 Å². The number of rotatable bonds is 3. The van der Waals surface area contributed by atoms with Gasteiger partial charge >= 0.3 is 11.8 Å². The monoisotopic (exact) mass is 304 g/mol. The lowest BCUT2D eigenvalue weighted by molar-refractivity contribution is -0.216. The number of aliphatic hydroxyl groups is 1. The van der Waals surface area contributed by atoms with Crippen molar-refractivity contribution < 1.29 is 23.5 Å². The summed E-state index contributed by atoms with van der Waals surface area (Å²) in [6, 6.07) is 3.23. The second-order valence-electron chi connectivity index (χ2n) is 4.78. The van der Waals surface area contributed by atoms with Crippen LogP contribution in [0.4, 0.5) is 8.78 Å². The highest BCUT2D eigenvalue weighted by Crippen LogP contribution is 2.44. The van der Waals surface area contributed by atoms with E-state index in [9.17, 15) is 23.5 Å². The lowest BCUT2D eigenvalue weighted by Gasteiger charge is -2.41. The summed E-state index contributed by atoms with van der Waals surface area (Å²) in [7, 11) is 0. The molecule has 1 aromatic rings. The molecule has 3 N–H and O–H groups in total. The number of aryl methyl sites for hydroxylation is 1. The van der Waals surface area contributed by atoms with Gasteiger partial charge in [-0.1, -0.05) is 0 Å². The third-order valence-corrected chi connectivity index (χ3v) is 4.30. The Morgan fingerprint density at radius 1 is 1.35 bits per heavy atom. The number of hydrazine groups is 1. The van der Waals surface area contributed by atoms with E-state index >= 15 is 0 Å². The van der Waals surface area contributed by atoms with Crippen molar-refractivity contribution in [2.75, 3.05) is 0 Å². The maximum absolute atomic E-state index is 13.7. The van der Waals surface area contributed by atoms with Crippen LogP contribution in [0, 0.1) is 6.92 Å². The minimum atomic E-state index is -3.93. The summed E-state index contributed by atoms with van der Waals surface area (Å²) < 4.78 is 27.4. The molecule has 0 aromatic carbocycles. The number of thiophene rings is 1. The third-order valence-electron chi connectivity index (χ3n) is 3.30. The Morgan fingerprint density at radius 3 is 2.45 bits per heavy atom. The lowest BCUT2D eigenvalue weighted by Crippen LogP contribution is -2.62. The average Bonchev–Trinajstić information content (AvgIpc) is 2.79. The first-order valence-corrected chi connectivity index (χ1v) is 6.85. The Bertz CT molecular complexity index is 541. The molecule has 1 aliphatic rings.